The highest BCUT2D eigenvalue weighted by Crippen LogP contribution is 2.40. The average molecular weight is 374 g/mol. The predicted octanol–water partition coefficient (Wildman–Crippen LogP) is 1.44. The van der Waals surface area contributed by atoms with Crippen molar-refractivity contribution in [1.82, 2.24) is 9.55 Å². The Labute approximate surface area is 144 Å². The van der Waals surface area contributed by atoms with Crippen LogP contribution >= 0.6 is 0 Å². The van der Waals surface area contributed by atoms with Gasteiger partial charge in [0.2, 0.25) is 5.82 Å². The quantitative estimate of drug-likeness (QED) is 0.772. The van der Waals surface area contributed by atoms with Crippen LogP contribution in [-0.4, -0.2) is 41.2 Å². The van der Waals surface area contributed by atoms with Gasteiger partial charge in [0.15, 0.2) is 14.4 Å². The van der Waals surface area contributed by atoms with Gasteiger partial charge < -0.3 is 14.3 Å². The van der Waals surface area contributed by atoms with Crippen molar-refractivity contribution >= 4 is 14.3 Å². The second-order valence-electron chi connectivity index (χ2n) is 7.65. The second kappa shape index (κ2) is 6.50. The molecule has 10 heteroatoms. The number of H-pyrrole nitrogens is 1. The SMILES string of the molecule is CC(C)(C)[Si](C)(C)O[C@H]1C[C@H](n2cc(F)c(=O)[nH]c2=O)O[C@@H]1C(=O)O. The van der Waals surface area contributed by atoms with E-state index in [2.05, 4.69) is 0 Å². The molecule has 0 saturated carbocycles. The van der Waals surface area contributed by atoms with Gasteiger partial charge >= 0.3 is 11.7 Å². The van der Waals surface area contributed by atoms with Crippen molar-refractivity contribution in [3.05, 3.63) is 32.9 Å². The number of carboxylic acid groups (broad SMARTS) is 1. The maximum atomic E-state index is 13.5. The molecule has 1 aliphatic rings. The summed E-state index contributed by atoms with van der Waals surface area (Å²) in [5.74, 6) is -2.37. The fourth-order valence-electron chi connectivity index (χ4n) is 2.37. The van der Waals surface area contributed by atoms with E-state index in [9.17, 15) is 23.9 Å². The van der Waals surface area contributed by atoms with Crippen LogP contribution in [0.5, 0.6) is 0 Å². The zero-order valence-corrected chi connectivity index (χ0v) is 15.8. The molecule has 2 rings (SSSR count). The van der Waals surface area contributed by atoms with Gasteiger partial charge in [-0.3, -0.25) is 14.3 Å². The molecule has 1 fully saturated rings. The van der Waals surface area contributed by atoms with Crippen molar-refractivity contribution < 1.29 is 23.5 Å². The first-order chi connectivity index (χ1) is 11.3. The molecule has 0 amide bonds. The molecule has 2 heterocycles. The van der Waals surface area contributed by atoms with Crippen LogP contribution in [0.15, 0.2) is 15.8 Å². The third-order valence-electron chi connectivity index (χ3n) is 4.81. The van der Waals surface area contributed by atoms with E-state index in [0.717, 1.165) is 10.8 Å². The summed E-state index contributed by atoms with van der Waals surface area (Å²) in [5, 5.41) is 9.26. The Bertz CT molecular complexity index is 781. The molecule has 0 spiro atoms. The summed E-state index contributed by atoms with van der Waals surface area (Å²) in [6.07, 6.45) is -2.30. The highest BCUT2D eigenvalue weighted by molar-refractivity contribution is 6.74. The van der Waals surface area contributed by atoms with Crippen LogP contribution in [0.3, 0.4) is 0 Å². The Hall–Kier alpha value is -1.78. The molecule has 25 heavy (non-hydrogen) atoms. The molecule has 1 saturated heterocycles. The lowest BCUT2D eigenvalue weighted by molar-refractivity contribution is -0.155. The molecular weight excluding hydrogens is 351 g/mol. The molecule has 1 aromatic heterocycles. The maximum absolute atomic E-state index is 13.5. The number of rotatable bonds is 4. The van der Waals surface area contributed by atoms with E-state index in [1.54, 1.807) is 0 Å². The maximum Gasteiger partial charge on any atom is 0.335 e. The number of ether oxygens (including phenoxy) is 1. The molecule has 0 unspecified atom stereocenters. The summed E-state index contributed by atoms with van der Waals surface area (Å²) in [5.41, 5.74) is -2.00. The van der Waals surface area contributed by atoms with E-state index in [1.807, 2.05) is 38.8 Å². The smallest absolute Gasteiger partial charge is 0.335 e. The Morgan fingerprint density at radius 2 is 2.04 bits per heavy atom. The van der Waals surface area contributed by atoms with Gasteiger partial charge in [-0.15, -0.1) is 0 Å². The topological polar surface area (TPSA) is 111 Å². The molecule has 1 aliphatic heterocycles. The largest absolute Gasteiger partial charge is 0.479 e. The van der Waals surface area contributed by atoms with Crippen LogP contribution in [-0.2, 0) is 14.0 Å². The molecule has 0 aliphatic carbocycles. The van der Waals surface area contributed by atoms with Crippen molar-refractivity contribution in [2.45, 2.75) is 63.8 Å². The molecule has 2 N–H and O–H groups in total. The van der Waals surface area contributed by atoms with Crippen LogP contribution in [0.1, 0.15) is 33.4 Å². The number of carbonyl (C=O) groups is 1. The van der Waals surface area contributed by atoms with E-state index in [-0.39, 0.29) is 11.5 Å². The number of hydrogen-bond donors (Lipinski definition) is 2. The number of halogens is 1. The zero-order chi connectivity index (χ0) is 19.2. The lowest BCUT2D eigenvalue weighted by Crippen LogP contribution is -2.47. The first kappa shape index (κ1) is 19.5. The van der Waals surface area contributed by atoms with E-state index < -0.39 is 49.8 Å². The van der Waals surface area contributed by atoms with Gasteiger partial charge in [0.1, 0.15) is 6.23 Å². The highest BCUT2D eigenvalue weighted by atomic mass is 28.4. The van der Waals surface area contributed by atoms with Gasteiger partial charge in [-0.1, -0.05) is 20.8 Å². The highest BCUT2D eigenvalue weighted by Gasteiger charge is 2.47. The Morgan fingerprint density at radius 3 is 2.56 bits per heavy atom. The summed E-state index contributed by atoms with van der Waals surface area (Å²) >= 11 is 0. The second-order valence-corrected chi connectivity index (χ2v) is 12.4. The van der Waals surface area contributed by atoms with E-state index in [1.165, 1.54) is 0 Å². The van der Waals surface area contributed by atoms with Crippen molar-refractivity contribution in [3.8, 4) is 0 Å². The predicted molar refractivity (Wildman–Crippen MR) is 89.5 cm³/mol. The van der Waals surface area contributed by atoms with Crippen molar-refractivity contribution in [1.29, 1.82) is 0 Å². The number of aromatic amines is 1. The van der Waals surface area contributed by atoms with Gasteiger partial charge in [0, 0.05) is 6.42 Å². The molecule has 3 atom stereocenters. The van der Waals surface area contributed by atoms with E-state index in [0.29, 0.717) is 0 Å². The van der Waals surface area contributed by atoms with Crippen LogP contribution < -0.4 is 11.2 Å². The molecule has 140 valence electrons. The molecular formula is C15H23FN2O6Si. The van der Waals surface area contributed by atoms with E-state index in [4.69, 9.17) is 9.16 Å². The Balaban J connectivity index is 2.32. The fourth-order valence-corrected chi connectivity index (χ4v) is 3.70. The van der Waals surface area contributed by atoms with Gasteiger partial charge in [-0.05, 0) is 18.1 Å². The summed E-state index contributed by atoms with van der Waals surface area (Å²) in [6.45, 7) is 10.0. The van der Waals surface area contributed by atoms with E-state index >= 15 is 0 Å². The Morgan fingerprint density at radius 1 is 1.44 bits per heavy atom. The average Bonchev–Trinajstić information content (AvgIpc) is 2.84. The Kier molecular flexibility index (Phi) is 5.08. The third kappa shape index (κ3) is 3.91. The number of nitrogens with one attached hydrogen (secondary N) is 1. The molecule has 8 nitrogen and oxygen atoms in total. The summed E-state index contributed by atoms with van der Waals surface area (Å²) in [4.78, 5) is 36.4. The summed E-state index contributed by atoms with van der Waals surface area (Å²) in [6, 6.07) is 0. The van der Waals surface area contributed by atoms with Gasteiger partial charge in [0.05, 0.1) is 12.3 Å². The first-order valence-corrected chi connectivity index (χ1v) is 10.8. The number of nitrogens with zero attached hydrogens (tertiary/aromatic N) is 1. The van der Waals surface area contributed by atoms with Crippen LogP contribution in [0.25, 0.3) is 0 Å². The number of aromatic nitrogens is 2. The zero-order valence-electron chi connectivity index (χ0n) is 14.8. The van der Waals surface area contributed by atoms with Gasteiger partial charge in [0.25, 0.3) is 5.56 Å². The van der Waals surface area contributed by atoms with Gasteiger partial charge in [-0.25, -0.2) is 9.59 Å². The van der Waals surface area contributed by atoms with Crippen LogP contribution in [0.4, 0.5) is 4.39 Å². The molecule has 0 radical (unpaired) electrons. The van der Waals surface area contributed by atoms with Crippen molar-refractivity contribution in [2.24, 2.45) is 0 Å². The number of carboxylic acids is 1. The standard InChI is InChI=1S/C15H23FN2O6Si/c1-15(2,3)25(4,5)24-9-6-10(23-11(9)13(20)21)18-7-8(16)12(19)17-14(18)22/h7,9-11H,6H2,1-5H3,(H,20,21)(H,17,19,22)/t9-,10+,11-/m0/s1. The minimum atomic E-state index is -2.28. The summed E-state index contributed by atoms with van der Waals surface area (Å²) < 4.78 is 25.9. The monoisotopic (exact) mass is 374 g/mol. The minimum absolute atomic E-state index is 0.0644. The number of hydrogen-bond acceptors (Lipinski definition) is 5. The normalized spacial score (nSPS) is 24.5. The number of aliphatic carboxylic acids is 1. The molecule has 0 bridgehead atoms. The van der Waals surface area contributed by atoms with Crippen molar-refractivity contribution in [3.63, 3.8) is 0 Å². The van der Waals surface area contributed by atoms with Crippen LogP contribution in [0.2, 0.25) is 18.1 Å². The lowest BCUT2D eigenvalue weighted by Gasteiger charge is -2.38. The lowest BCUT2D eigenvalue weighted by atomic mass is 10.2. The molecule has 1 aromatic rings. The van der Waals surface area contributed by atoms with Gasteiger partial charge in [-0.2, -0.15) is 4.39 Å². The molecule has 0 aromatic carbocycles. The fraction of sp³-hybridized carbons (Fsp3) is 0.667. The third-order valence-corrected chi connectivity index (χ3v) is 9.31. The van der Waals surface area contributed by atoms with Crippen molar-refractivity contribution in [2.75, 3.05) is 0 Å². The van der Waals surface area contributed by atoms with Crippen LogP contribution in [0, 0.1) is 5.82 Å². The first-order valence-electron chi connectivity index (χ1n) is 7.90. The minimum Gasteiger partial charge on any atom is -0.479 e. The summed E-state index contributed by atoms with van der Waals surface area (Å²) in [7, 11) is -2.28.